The molecule has 0 aromatic rings. The molecule has 186 valence electrons. The maximum atomic E-state index is 10.5. The third-order valence-corrected chi connectivity index (χ3v) is 5.47. The van der Waals surface area contributed by atoms with Crippen molar-refractivity contribution in [3.63, 3.8) is 0 Å². The molecule has 0 amide bonds. The normalized spacial score (nSPS) is 49.9. The lowest BCUT2D eigenvalue weighted by Crippen LogP contribution is -2.65. The van der Waals surface area contributed by atoms with E-state index in [0.29, 0.717) is 6.26 Å². The summed E-state index contributed by atoms with van der Waals surface area (Å²) < 4.78 is 26.3. The average molecular weight is 472 g/mol. The molecule has 0 aliphatic carbocycles. The summed E-state index contributed by atoms with van der Waals surface area (Å²) >= 11 is 0. The Morgan fingerprint density at radius 1 is 0.688 bits per heavy atom. The minimum atomic E-state index is -1.83. The molecule has 8 unspecified atom stereocenters. The van der Waals surface area contributed by atoms with E-state index in [4.69, 9.17) is 23.7 Å². The van der Waals surface area contributed by atoms with Gasteiger partial charge in [0, 0.05) is 0 Å². The van der Waals surface area contributed by atoms with E-state index >= 15 is 0 Å². The molecule has 2 saturated heterocycles. The molecule has 0 aromatic carbocycles. The van der Waals surface area contributed by atoms with Crippen LogP contribution in [0.3, 0.4) is 0 Å². The zero-order chi connectivity index (χ0) is 23.7. The summed E-state index contributed by atoms with van der Waals surface area (Å²) in [6, 6.07) is 0. The van der Waals surface area contributed by atoms with Gasteiger partial charge in [0.25, 0.3) is 0 Å². The second kappa shape index (κ2) is 10.4. The van der Waals surface area contributed by atoms with Gasteiger partial charge in [-0.15, -0.1) is 0 Å². The zero-order valence-electron chi connectivity index (χ0n) is 16.5. The number of ether oxygens (including phenoxy) is 5. The molecule has 10 N–H and O–H groups in total. The monoisotopic (exact) mass is 472 g/mol. The van der Waals surface area contributed by atoms with Gasteiger partial charge in [-0.25, -0.2) is 0 Å². The van der Waals surface area contributed by atoms with Crippen molar-refractivity contribution in [1.29, 1.82) is 0 Å². The Morgan fingerprint density at radius 3 is 1.91 bits per heavy atom. The SMILES string of the molecule is OCC1O[C@@H](O[C@@H]2C(CO)O[C@@H](O)C(O)C2O)C(O[C@@H]2OC=C(O)C(O)C2O)C(O)[C@H]1O. The van der Waals surface area contributed by atoms with Crippen molar-refractivity contribution < 1.29 is 74.7 Å². The third-order valence-electron chi connectivity index (χ3n) is 5.47. The molecule has 0 aromatic heterocycles. The fourth-order valence-electron chi connectivity index (χ4n) is 3.58. The van der Waals surface area contributed by atoms with E-state index in [1.54, 1.807) is 0 Å². The van der Waals surface area contributed by atoms with E-state index in [9.17, 15) is 51.1 Å². The molecule has 32 heavy (non-hydrogen) atoms. The third kappa shape index (κ3) is 4.85. The van der Waals surface area contributed by atoms with E-state index in [1.165, 1.54) is 0 Å². The van der Waals surface area contributed by atoms with Crippen LogP contribution in [-0.2, 0) is 23.7 Å². The minimum absolute atomic E-state index is 0.688. The smallest absolute Gasteiger partial charge is 0.228 e. The Balaban J connectivity index is 1.83. The average Bonchev–Trinajstić information content (AvgIpc) is 2.78. The van der Waals surface area contributed by atoms with Gasteiger partial charge in [0.15, 0.2) is 18.3 Å². The molecule has 3 heterocycles. The van der Waals surface area contributed by atoms with Crippen LogP contribution in [0.25, 0.3) is 0 Å². The van der Waals surface area contributed by atoms with Gasteiger partial charge < -0.3 is 74.7 Å². The molecule has 3 rings (SSSR count). The van der Waals surface area contributed by atoms with Gasteiger partial charge >= 0.3 is 0 Å². The fraction of sp³-hybridized carbons (Fsp3) is 0.882. The Morgan fingerprint density at radius 2 is 1.28 bits per heavy atom. The Hall–Kier alpha value is -1.18. The highest BCUT2D eigenvalue weighted by Gasteiger charge is 2.52. The highest BCUT2D eigenvalue weighted by Crippen LogP contribution is 2.32. The minimum Gasteiger partial charge on any atom is -0.506 e. The van der Waals surface area contributed by atoms with E-state index in [1.807, 2.05) is 0 Å². The molecule has 3 aliphatic rings. The first-order chi connectivity index (χ1) is 15.1. The van der Waals surface area contributed by atoms with Crippen LogP contribution in [0.15, 0.2) is 12.0 Å². The Bertz CT molecular complexity index is 645. The van der Waals surface area contributed by atoms with Gasteiger partial charge in [0.1, 0.15) is 67.3 Å². The first-order valence-corrected chi connectivity index (χ1v) is 9.75. The molecule has 3 aliphatic heterocycles. The van der Waals surface area contributed by atoms with Crippen molar-refractivity contribution >= 4 is 0 Å². The summed E-state index contributed by atoms with van der Waals surface area (Å²) in [7, 11) is 0. The summed E-state index contributed by atoms with van der Waals surface area (Å²) in [6.45, 7) is -1.53. The van der Waals surface area contributed by atoms with Crippen molar-refractivity contribution in [2.75, 3.05) is 13.2 Å². The topological polar surface area (TPSA) is 248 Å². The Kier molecular flexibility index (Phi) is 8.26. The molecule has 2 fully saturated rings. The second-order valence-electron chi connectivity index (χ2n) is 7.62. The van der Waals surface area contributed by atoms with E-state index in [0.717, 1.165) is 0 Å². The first kappa shape index (κ1) is 25.4. The molecule has 0 radical (unpaired) electrons. The van der Waals surface area contributed by atoms with Gasteiger partial charge in [-0.3, -0.25) is 0 Å². The summed E-state index contributed by atoms with van der Waals surface area (Å²) in [5.41, 5.74) is 0. The van der Waals surface area contributed by atoms with Crippen LogP contribution < -0.4 is 0 Å². The van der Waals surface area contributed by atoms with Crippen LogP contribution in [0.2, 0.25) is 0 Å². The van der Waals surface area contributed by atoms with Gasteiger partial charge in [0.05, 0.1) is 13.2 Å². The molecule has 0 saturated carbocycles. The molecule has 0 spiro atoms. The quantitative estimate of drug-likeness (QED) is 0.173. The number of rotatable bonds is 6. The van der Waals surface area contributed by atoms with Crippen LogP contribution in [-0.4, -0.2) is 144 Å². The number of hydrogen-bond acceptors (Lipinski definition) is 15. The van der Waals surface area contributed by atoms with Crippen molar-refractivity contribution in [2.45, 2.75) is 79.9 Å². The van der Waals surface area contributed by atoms with Crippen molar-refractivity contribution in [2.24, 2.45) is 0 Å². The number of aliphatic hydroxyl groups excluding tert-OH is 10. The van der Waals surface area contributed by atoms with Gasteiger partial charge in [0.2, 0.25) is 6.29 Å². The summed E-state index contributed by atoms with van der Waals surface area (Å²) in [5, 5.41) is 98.6. The van der Waals surface area contributed by atoms with Crippen molar-refractivity contribution in [3.8, 4) is 0 Å². The molecule has 13 atom stereocenters. The largest absolute Gasteiger partial charge is 0.506 e. The zero-order valence-corrected chi connectivity index (χ0v) is 16.5. The fourth-order valence-corrected chi connectivity index (χ4v) is 3.58. The van der Waals surface area contributed by atoms with E-state index in [-0.39, 0.29) is 0 Å². The maximum Gasteiger partial charge on any atom is 0.228 e. The van der Waals surface area contributed by atoms with Crippen molar-refractivity contribution in [1.82, 2.24) is 0 Å². The number of aliphatic hydroxyl groups is 10. The highest BCUT2D eigenvalue weighted by atomic mass is 16.8. The van der Waals surface area contributed by atoms with Crippen LogP contribution in [0, 0.1) is 0 Å². The molecular formula is C17H28O15. The lowest BCUT2D eigenvalue weighted by Gasteiger charge is -2.47. The predicted molar refractivity (Wildman–Crippen MR) is 95.1 cm³/mol. The Labute approximate surface area is 180 Å². The van der Waals surface area contributed by atoms with E-state index < -0.39 is 98.9 Å². The van der Waals surface area contributed by atoms with Gasteiger partial charge in [-0.05, 0) is 0 Å². The van der Waals surface area contributed by atoms with Gasteiger partial charge in [-0.1, -0.05) is 0 Å². The van der Waals surface area contributed by atoms with Crippen LogP contribution in [0.5, 0.6) is 0 Å². The van der Waals surface area contributed by atoms with Crippen LogP contribution in [0.4, 0.5) is 0 Å². The summed E-state index contributed by atoms with van der Waals surface area (Å²) in [6.07, 6.45) is -21.2. The van der Waals surface area contributed by atoms with E-state index in [2.05, 4.69) is 0 Å². The lowest BCUT2D eigenvalue weighted by atomic mass is 9.96. The van der Waals surface area contributed by atoms with Crippen LogP contribution >= 0.6 is 0 Å². The van der Waals surface area contributed by atoms with Crippen LogP contribution in [0.1, 0.15) is 0 Å². The number of hydrogen-bond donors (Lipinski definition) is 10. The van der Waals surface area contributed by atoms with Crippen molar-refractivity contribution in [3.05, 3.63) is 12.0 Å². The first-order valence-electron chi connectivity index (χ1n) is 9.75. The highest BCUT2D eigenvalue weighted by molar-refractivity contribution is 5.03. The summed E-state index contributed by atoms with van der Waals surface area (Å²) in [4.78, 5) is 0. The summed E-state index contributed by atoms with van der Waals surface area (Å²) in [5.74, 6) is -0.688. The lowest BCUT2D eigenvalue weighted by molar-refractivity contribution is -0.374. The maximum absolute atomic E-state index is 10.5. The second-order valence-corrected chi connectivity index (χ2v) is 7.62. The molecular weight excluding hydrogens is 444 g/mol. The van der Waals surface area contributed by atoms with Gasteiger partial charge in [-0.2, -0.15) is 0 Å². The molecule has 15 heteroatoms. The molecule has 0 bridgehead atoms. The predicted octanol–water partition coefficient (Wildman–Crippen LogP) is -5.90. The molecule has 15 nitrogen and oxygen atoms in total. The standard InChI is InChI=1S/C17H28O15/c18-1-5-8(22)9(23)14(32-16-12(26)7(21)4(20)3-28-16)17(30-5)31-13-6(2-19)29-15(27)11(25)10(13)24/h3,5-27H,1-2H2/t5?,6?,7?,8-,9?,10?,11?,12?,13+,14?,15+,16-,17-/m0/s1.